The summed E-state index contributed by atoms with van der Waals surface area (Å²) in [6.07, 6.45) is 1.22. The zero-order valence-electron chi connectivity index (χ0n) is 7.49. The molecule has 0 spiro atoms. The highest BCUT2D eigenvalue weighted by molar-refractivity contribution is 7.89. The number of hydrogen-bond donors (Lipinski definition) is 2. The zero-order valence-corrected chi connectivity index (χ0v) is 8.30. The molecule has 1 aliphatic heterocycles. The zero-order chi connectivity index (χ0) is 10.6. The monoisotopic (exact) mass is 217 g/mol. The van der Waals surface area contributed by atoms with Gasteiger partial charge in [-0.25, -0.2) is 13.1 Å². The third-order valence-electron chi connectivity index (χ3n) is 1.86. The molecule has 1 heterocycles. The Kier molecular flexibility index (Phi) is 3.43. The van der Waals surface area contributed by atoms with E-state index in [1.807, 2.05) is 0 Å². The normalized spacial score (nSPS) is 22.5. The number of nitriles is 1. The first-order valence-corrected chi connectivity index (χ1v) is 5.85. The lowest BCUT2D eigenvalue weighted by molar-refractivity contribution is -0.124. The van der Waals surface area contributed by atoms with Crippen LogP contribution < -0.4 is 10.0 Å². The Morgan fingerprint density at radius 2 is 2.36 bits per heavy atom. The maximum Gasteiger partial charge on any atom is 0.238 e. The molecule has 1 unspecified atom stereocenters. The summed E-state index contributed by atoms with van der Waals surface area (Å²) >= 11 is 0. The maximum atomic E-state index is 11.2. The van der Waals surface area contributed by atoms with Gasteiger partial charge in [0.1, 0.15) is 6.04 Å². The quantitative estimate of drug-likeness (QED) is 0.614. The molecule has 1 saturated heterocycles. The van der Waals surface area contributed by atoms with Crippen molar-refractivity contribution in [3.05, 3.63) is 0 Å². The summed E-state index contributed by atoms with van der Waals surface area (Å²) in [5, 5.41) is 10.8. The molecule has 2 N–H and O–H groups in total. The van der Waals surface area contributed by atoms with E-state index in [4.69, 9.17) is 5.26 Å². The molecule has 0 bridgehead atoms. The van der Waals surface area contributed by atoms with Gasteiger partial charge in [0.05, 0.1) is 6.07 Å². The van der Waals surface area contributed by atoms with Crippen LogP contribution in [0.15, 0.2) is 0 Å². The standard InChI is InChI=1S/C7H11N3O3S/c8-3-5-14(12,13)10-6-2-1-4-9-7(6)11/h6,10H,1-2,4-5H2,(H,9,11). The van der Waals surface area contributed by atoms with Crippen LogP contribution in [-0.2, 0) is 14.8 Å². The van der Waals surface area contributed by atoms with Gasteiger partial charge in [-0.3, -0.25) is 4.79 Å². The molecular weight excluding hydrogens is 206 g/mol. The van der Waals surface area contributed by atoms with Crippen LogP contribution in [0.4, 0.5) is 0 Å². The highest BCUT2D eigenvalue weighted by Crippen LogP contribution is 2.04. The second-order valence-electron chi connectivity index (χ2n) is 3.02. The van der Waals surface area contributed by atoms with Gasteiger partial charge in [0.2, 0.25) is 15.9 Å². The molecule has 1 fully saturated rings. The van der Waals surface area contributed by atoms with Gasteiger partial charge >= 0.3 is 0 Å². The van der Waals surface area contributed by atoms with Gasteiger partial charge in [-0.2, -0.15) is 5.26 Å². The average Bonchev–Trinajstić information content (AvgIpc) is 2.08. The lowest BCUT2D eigenvalue weighted by Gasteiger charge is -2.21. The molecule has 7 heteroatoms. The van der Waals surface area contributed by atoms with Crippen molar-refractivity contribution >= 4 is 15.9 Å². The molecule has 1 amide bonds. The van der Waals surface area contributed by atoms with E-state index in [9.17, 15) is 13.2 Å². The molecule has 0 radical (unpaired) electrons. The minimum atomic E-state index is -3.64. The van der Waals surface area contributed by atoms with Gasteiger partial charge in [-0.15, -0.1) is 0 Å². The molecular formula is C7H11N3O3S. The SMILES string of the molecule is N#CCS(=O)(=O)NC1CCCNC1=O. The molecule has 78 valence electrons. The predicted octanol–water partition coefficient (Wildman–Crippen LogP) is -1.29. The lowest BCUT2D eigenvalue weighted by Crippen LogP contribution is -2.50. The third-order valence-corrected chi connectivity index (χ3v) is 3.01. The van der Waals surface area contributed by atoms with Crippen molar-refractivity contribution in [2.24, 2.45) is 0 Å². The smallest absolute Gasteiger partial charge is 0.238 e. The van der Waals surface area contributed by atoms with E-state index < -0.39 is 21.8 Å². The van der Waals surface area contributed by atoms with Crippen molar-refractivity contribution in [3.63, 3.8) is 0 Å². The molecule has 14 heavy (non-hydrogen) atoms. The Balaban J connectivity index is 2.59. The summed E-state index contributed by atoms with van der Waals surface area (Å²) in [5.74, 6) is -0.936. The van der Waals surface area contributed by atoms with Crippen molar-refractivity contribution in [2.45, 2.75) is 18.9 Å². The van der Waals surface area contributed by atoms with Gasteiger partial charge < -0.3 is 5.32 Å². The molecule has 1 aliphatic rings. The maximum absolute atomic E-state index is 11.2. The number of carbonyl (C=O) groups excluding carboxylic acids is 1. The number of hydrogen-bond acceptors (Lipinski definition) is 4. The topological polar surface area (TPSA) is 99.1 Å². The minimum Gasteiger partial charge on any atom is -0.355 e. The van der Waals surface area contributed by atoms with Gasteiger partial charge in [0, 0.05) is 6.54 Å². The first-order chi connectivity index (χ1) is 6.55. The summed E-state index contributed by atoms with van der Waals surface area (Å²) in [5.41, 5.74) is 0. The Hall–Kier alpha value is -1.13. The molecule has 0 aromatic carbocycles. The third kappa shape index (κ3) is 2.97. The van der Waals surface area contributed by atoms with Crippen LogP contribution in [0.5, 0.6) is 0 Å². The predicted molar refractivity (Wildman–Crippen MR) is 48.6 cm³/mol. The molecule has 1 rings (SSSR count). The van der Waals surface area contributed by atoms with Crippen LogP contribution in [0.25, 0.3) is 0 Å². The molecule has 1 atom stereocenters. The van der Waals surface area contributed by atoms with E-state index in [-0.39, 0.29) is 5.91 Å². The average molecular weight is 217 g/mol. The minimum absolute atomic E-state index is 0.322. The molecule has 6 nitrogen and oxygen atoms in total. The van der Waals surface area contributed by atoms with Crippen LogP contribution in [0.3, 0.4) is 0 Å². The number of sulfonamides is 1. The van der Waals surface area contributed by atoms with Gasteiger partial charge in [0.25, 0.3) is 0 Å². The molecule has 0 aliphatic carbocycles. The largest absolute Gasteiger partial charge is 0.355 e. The fourth-order valence-corrected chi connectivity index (χ4v) is 2.14. The summed E-state index contributed by atoms with van der Waals surface area (Å²) in [7, 11) is -3.64. The van der Waals surface area contributed by atoms with Gasteiger partial charge in [0.15, 0.2) is 5.75 Å². The van der Waals surface area contributed by atoms with Crippen LogP contribution in [0.2, 0.25) is 0 Å². The first-order valence-electron chi connectivity index (χ1n) is 4.20. The Morgan fingerprint density at radius 3 is 2.93 bits per heavy atom. The van der Waals surface area contributed by atoms with E-state index in [0.29, 0.717) is 13.0 Å². The summed E-state index contributed by atoms with van der Waals surface area (Å²) in [6, 6.07) is 0.810. The fraction of sp³-hybridized carbons (Fsp3) is 0.714. The highest BCUT2D eigenvalue weighted by Gasteiger charge is 2.26. The number of rotatable bonds is 3. The molecule has 0 aromatic heterocycles. The number of amides is 1. The molecule has 0 saturated carbocycles. The van der Waals surface area contributed by atoms with Crippen LogP contribution in [0.1, 0.15) is 12.8 Å². The highest BCUT2D eigenvalue weighted by atomic mass is 32.2. The first kappa shape index (κ1) is 10.9. The lowest BCUT2D eigenvalue weighted by atomic mass is 10.1. The van der Waals surface area contributed by atoms with Crippen molar-refractivity contribution in [2.75, 3.05) is 12.3 Å². The molecule has 0 aromatic rings. The van der Waals surface area contributed by atoms with Crippen molar-refractivity contribution < 1.29 is 13.2 Å². The van der Waals surface area contributed by atoms with Gasteiger partial charge in [-0.1, -0.05) is 0 Å². The Labute approximate surface area is 82.3 Å². The Bertz CT molecular complexity index is 357. The van der Waals surface area contributed by atoms with E-state index in [1.165, 1.54) is 6.07 Å². The van der Waals surface area contributed by atoms with E-state index >= 15 is 0 Å². The van der Waals surface area contributed by atoms with Crippen LogP contribution in [-0.4, -0.2) is 32.7 Å². The van der Waals surface area contributed by atoms with Crippen LogP contribution >= 0.6 is 0 Å². The fourth-order valence-electron chi connectivity index (χ4n) is 1.23. The van der Waals surface area contributed by atoms with Crippen molar-refractivity contribution in [3.8, 4) is 6.07 Å². The number of piperidine rings is 1. The Morgan fingerprint density at radius 1 is 1.64 bits per heavy atom. The number of nitrogens with zero attached hydrogens (tertiary/aromatic N) is 1. The van der Waals surface area contributed by atoms with Crippen molar-refractivity contribution in [1.82, 2.24) is 10.0 Å². The summed E-state index contributed by atoms with van der Waals surface area (Å²) in [6.45, 7) is 0.579. The summed E-state index contributed by atoms with van der Waals surface area (Å²) < 4.78 is 24.4. The van der Waals surface area contributed by atoms with E-state index in [1.54, 1.807) is 0 Å². The summed E-state index contributed by atoms with van der Waals surface area (Å²) in [4.78, 5) is 11.2. The number of nitrogens with one attached hydrogen (secondary N) is 2. The second-order valence-corrected chi connectivity index (χ2v) is 4.77. The van der Waals surface area contributed by atoms with E-state index in [0.717, 1.165) is 6.42 Å². The van der Waals surface area contributed by atoms with E-state index in [2.05, 4.69) is 10.0 Å². The van der Waals surface area contributed by atoms with Gasteiger partial charge in [-0.05, 0) is 12.8 Å². The number of carbonyl (C=O) groups is 1. The van der Waals surface area contributed by atoms with Crippen LogP contribution in [0, 0.1) is 11.3 Å². The van der Waals surface area contributed by atoms with Crippen molar-refractivity contribution in [1.29, 1.82) is 5.26 Å². The second kappa shape index (κ2) is 4.39.